The van der Waals surface area contributed by atoms with E-state index in [0.717, 1.165) is 60.3 Å². The molecule has 5 rings (SSSR count). The fourth-order valence-electron chi connectivity index (χ4n) is 5.03. The van der Waals surface area contributed by atoms with Gasteiger partial charge in [0.05, 0.1) is 0 Å². The molecule has 3 heterocycles. The molecule has 32 heavy (non-hydrogen) atoms. The van der Waals surface area contributed by atoms with Gasteiger partial charge in [-0.3, -0.25) is 14.5 Å². The Morgan fingerprint density at radius 2 is 1.75 bits per heavy atom. The van der Waals surface area contributed by atoms with E-state index in [1.807, 2.05) is 47.5 Å². The average molecular weight is 431 g/mol. The molecule has 166 valence electrons. The number of aromatic amines is 1. The van der Waals surface area contributed by atoms with Gasteiger partial charge in [-0.2, -0.15) is 0 Å². The van der Waals surface area contributed by atoms with E-state index in [1.54, 1.807) is 4.90 Å². The summed E-state index contributed by atoms with van der Waals surface area (Å²) in [6, 6.07) is 15.8. The molecule has 0 bridgehead atoms. The number of nitrogens with zero attached hydrogens (tertiary/aromatic N) is 3. The highest BCUT2D eigenvalue weighted by Crippen LogP contribution is 2.32. The van der Waals surface area contributed by atoms with Gasteiger partial charge in [-0.25, -0.2) is 0 Å². The molecule has 1 saturated heterocycles. The number of fused-ring (bicyclic) bond motifs is 2. The molecule has 6 nitrogen and oxygen atoms in total. The van der Waals surface area contributed by atoms with Crippen LogP contribution in [0.5, 0.6) is 0 Å². The Balaban J connectivity index is 1.38. The predicted octanol–water partition coefficient (Wildman–Crippen LogP) is 3.22. The number of likely N-dealkylation sites (N-methyl/N-ethyl adjacent to an activating group) is 1. The van der Waals surface area contributed by atoms with Crippen molar-refractivity contribution in [1.82, 2.24) is 14.8 Å². The van der Waals surface area contributed by atoms with Crippen LogP contribution in [0.3, 0.4) is 0 Å². The van der Waals surface area contributed by atoms with Crippen LogP contribution >= 0.6 is 0 Å². The van der Waals surface area contributed by atoms with Crippen LogP contribution in [0.1, 0.15) is 24.0 Å². The van der Waals surface area contributed by atoms with Crippen molar-refractivity contribution in [1.29, 1.82) is 0 Å². The molecule has 2 amide bonds. The number of benzene rings is 2. The average Bonchev–Trinajstić information content (AvgIpc) is 3.25. The van der Waals surface area contributed by atoms with Crippen molar-refractivity contribution in [2.45, 2.75) is 31.7 Å². The Labute approximate surface area is 188 Å². The van der Waals surface area contributed by atoms with Crippen LogP contribution in [0, 0.1) is 0 Å². The first kappa shape index (κ1) is 20.8. The molecular weight excluding hydrogens is 400 g/mol. The second kappa shape index (κ2) is 8.79. The monoisotopic (exact) mass is 430 g/mol. The molecule has 0 saturated carbocycles. The number of rotatable bonds is 4. The second-order valence-corrected chi connectivity index (χ2v) is 8.93. The maximum absolute atomic E-state index is 13.6. The number of piperazine rings is 1. The Hall–Kier alpha value is -3.12. The van der Waals surface area contributed by atoms with Crippen LogP contribution in [-0.4, -0.2) is 65.9 Å². The van der Waals surface area contributed by atoms with Gasteiger partial charge in [-0.1, -0.05) is 36.4 Å². The number of amides is 2. The molecule has 2 aliphatic rings. The van der Waals surface area contributed by atoms with Gasteiger partial charge in [0, 0.05) is 55.4 Å². The minimum absolute atomic E-state index is 0.0231. The first-order chi connectivity index (χ1) is 15.6. The van der Waals surface area contributed by atoms with E-state index in [2.05, 4.69) is 29.1 Å². The minimum Gasteiger partial charge on any atom is -0.361 e. The number of H-pyrrole nitrogens is 1. The summed E-state index contributed by atoms with van der Waals surface area (Å²) in [7, 11) is 2.08. The Bertz CT molecular complexity index is 1130. The Morgan fingerprint density at radius 3 is 2.59 bits per heavy atom. The van der Waals surface area contributed by atoms with Crippen LogP contribution in [0.15, 0.2) is 54.7 Å². The summed E-state index contributed by atoms with van der Waals surface area (Å²) in [5, 5.41) is 1.16. The summed E-state index contributed by atoms with van der Waals surface area (Å²) in [6.07, 6.45) is 4.53. The SMILES string of the molecule is CN1CCN(C(=O)C2CCc3ccccc3N2C(=O)CCc2c[nH]c3ccccc23)CC1. The number of nitrogens with one attached hydrogen (secondary N) is 1. The molecule has 1 fully saturated rings. The van der Waals surface area contributed by atoms with Gasteiger partial charge in [0.25, 0.3) is 0 Å². The molecule has 3 aromatic rings. The van der Waals surface area contributed by atoms with Crippen LogP contribution in [0.2, 0.25) is 0 Å². The summed E-state index contributed by atoms with van der Waals surface area (Å²) in [5.41, 5.74) is 4.27. The van der Waals surface area contributed by atoms with E-state index in [4.69, 9.17) is 0 Å². The molecule has 0 aliphatic carbocycles. The van der Waals surface area contributed by atoms with E-state index in [-0.39, 0.29) is 11.8 Å². The molecule has 6 heteroatoms. The lowest BCUT2D eigenvalue weighted by atomic mass is 9.93. The van der Waals surface area contributed by atoms with Crippen molar-refractivity contribution in [2.24, 2.45) is 0 Å². The molecule has 0 spiro atoms. The third-order valence-corrected chi connectivity index (χ3v) is 6.90. The van der Waals surface area contributed by atoms with E-state index in [1.165, 1.54) is 0 Å². The normalized spacial score (nSPS) is 19.2. The topological polar surface area (TPSA) is 59.6 Å². The molecule has 1 aromatic heterocycles. The highest BCUT2D eigenvalue weighted by molar-refractivity contribution is 6.02. The van der Waals surface area contributed by atoms with E-state index < -0.39 is 6.04 Å². The van der Waals surface area contributed by atoms with Crippen molar-refractivity contribution in [3.05, 3.63) is 65.9 Å². The molecule has 0 radical (unpaired) electrons. The number of hydrogen-bond acceptors (Lipinski definition) is 3. The lowest BCUT2D eigenvalue weighted by Crippen LogP contribution is -2.57. The smallest absolute Gasteiger partial charge is 0.245 e. The summed E-state index contributed by atoms with van der Waals surface area (Å²) in [5.74, 6) is 0.114. The first-order valence-corrected chi connectivity index (χ1v) is 11.5. The highest BCUT2D eigenvalue weighted by Gasteiger charge is 2.38. The van der Waals surface area contributed by atoms with Gasteiger partial charge in [-0.15, -0.1) is 0 Å². The number of hydrogen-bond donors (Lipinski definition) is 1. The zero-order valence-electron chi connectivity index (χ0n) is 18.6. The summed E-state index contributed by atoms with van der Waals surface area (Å²) in [4.78, 5) is 36.4. The summed E-state index contributed by atoms with van der Waals surface area (Å²) >= 11 is 0. The lowest BCUT2D eigenvalue weighted by Gasteiger charge is -2.41. The van der Waals surface area contributed by atoms with Gasteiger partial charge in [0.2, 0.25) is 11.8 Å². The van der Waals surface area contributed by atoms with Crippen LogP contribution in [0.25, 0.3) is 10.9 Å². The minimum atomic E-state index is -0.413. The molecule has 2 aromatic carbocycles. The third kappa shape index (κ3) is 3.91. The van der Waals surface area contributed by atoms with Crippen molar-refractivity contribution < 1.29 is 9.59 Å². The maximum atomic E-state index is 13.6. The number of carbonyl (C=O) groups excluding carboxylic acids is 2. The van der Waals surface area contributed by atoms with Gasteiger partial charge >= 0.3 is 0 Å². The molecule has 2 aliphatic heterocycles. The predicted molar refractivity (Wildman–Crippen MR) is 127 cm³/mol. The molecule has 1 unspecified atom stereocenters. The molecule has 1 N–H and O–H groups in total. The third-order valence-electron chi connectivity index (χ3n) is 6.90. The van der Waals surface area contributed by atoms with Crippen molar-refractivity contribution in [2.75, 3.05) is 38.1 Å². The van der Waals surface area contributed by atoms with E-state index in [0.29, 0.717) is 19.3 Å². The number of aryl methyl sites for hydroxylation is 2. The largest absolute Gasteiger partial charge is 0.361 e. The van der Waals surface area contributed by atoms with Gasteiger partial charge in [-0.05, 0) is 49.6 Å². The summed E-state index contributed by atoms with van der Waals surface area (Å²) in [6.45, 7) is 3.21. The number of para-hydroxylation sites is 2. The van der Waals surface area contributed by atoms with Crippen molar-refractivity contribution in [3.63, 3.8) is 0 Å². The van der Waals surface area contributed by atoms with Crippen molar-refractivity contribution in [3.8, 4) is 0 Å². The van der Waals surface area contributed by atoms with Crippen LogP contribution in [0.4, 0.5) is 5.69 Å². The second-order valence-electron chi connectivity index (χ2n) is 8.93. The fourth-order valence-corrected chi connectivity index (χ4v) is 5.03. The maximum Gasteiger partial charge on any atom is 0.245 e. The first-order valence-electron chi connectivity index (χ1n) is 11.5. The van der Waals surface area contributed by atoms with Crippen LogP contribution in [-0.2, 0) is 22.4 Å². The fraction of sp³-hybridized carbons (Fsp3) is 0.385. The van der Waals surface area contributed by atoms with Gasteiger partial charge in [0.1, 0.15) is 6.04 Å². The standard InChI is InChI=1S/C26H30N4O2/c1-28-14-16-29(17-15-28)26(32)24-12-10-19-6-2-5-9-23(19)30(24)25(31)13-11-20-18-27-22-8-4-3-7-21(20)22/h2-9,18,24,27H,10-17H2,1H3. The molecular formula is C26H30N4O2. The Kier molecular flexibility index (Phi) is 5.70. The molecule has 1 atom stereocenters. The number of carbonyl (C=O) groups is 2. The van der Waals surface area contributed by atoms with E-state index >= 15 is 0 Å². The lowest BCUT2D eigenvalue weighted by molar-refractivity contribution is -0.136. The zero-order chi connectivity index (χ0) is 22.1. The quantitative estimate of drug-likeness (QED) is 0.691. The van der Waals surface area contributed by atoms with Gasteiger partial charge in [0.15, 0.2) is 0 Å². The zero-order valence-corrected chi connectivity index (χ0v) is 18.6. The van der Waals surface area contributed by atoms with Crippen molar-refractivity contribution >= 4 is 28.4 Å². The Morgan fingerprint density at radius 1 is 1.00 bits per heavy atom. The number of anilines is 1. The van der Waals surface area contributed by atoms with E-state index in [9.17, 15) is 9.59 Å². The van der Waals surface area contributed by atoms with Gasteiger partial charge < -0.3 is 14.8 Å². The summed E-state index contributed by atoms with van der Waals surface area (Å²) < 4.78 is 0. The van der Waals surface area contributed by atoms with Crippen LogP contribution < -0.4 is 4.90 Å². The highest BCUT2D eigenvalue weighted by atomic mass is 16.2. The number of aromatic nitrogens is 1.